The fraction of sp³-hybridized carbons (Fsp3) is 0.333. The molecule has 0 atom stereocenters. The summed E-state index contributed by atoms with van der Waals surface area (Å²) in [5.41, 5.74) is 1.37. The third-order valence-corrected chi connectivity index (χ3v) is 4.36. The first-order valence-electron chi connectivity index (χ1n) is 8.31. The Labute approximate surface area is 144 Å². The first-order valence-corrected chi connectivity index (χ1v) is 8.31. The van der Waals surface area contributed by atoms with Crippen LogP contribution < -0.4 is 0 Å². The van der Waals surface area contributed by atoms with E-state index in [9.17, 15) is 4.79 Å². The Morgan fingerprint density at radius 2 is 2.24 bits per heavy atom. The summed E-state index contributed by atoms with van der Waals surface area (Å²) in [6.45, 7) is 1.11. The highest BCUT2D eigenvalue weighted by atomic mass is 16.4. The first-order chi connectivity index (χ1) is 12.3. The van der Waals surface area contributed by atoms with Crippen LogP contribution >= 0.6 is 0 Å². The molecule has 0 aromatic carbocycles. The Kier molecular flexibility index (Phi) is 3.94. The molecule has 1 amide bonds. The van der Waals surface area contributed by atoms with Gasteiger partial charge in [-0.15, -0.1) is 0 Å². The zero-order valence-electron chi connectivity index (χ0n) is 13.6. The molecule has 1 aliphatic rings. The van der Waals surface area contributed by atoms with Crippen LogP contribution in [0, 0.1) is 17.2 Å². The number of carbonyl (C=O) groups is 1. The van der Waals surface area contributed by atoms with Crippen LogP contribution in [-0.2, 0) is 0 Å². The van der Waals surface area contributed by atoms with Crippen molar-refractivity contribution < 1.29 is 9.21 Å². The molecular formula is C18H17N5O2. The van der Waals surface area contributed by atoms with E-state index in [0.29, 0.717) is 36.9 Å². The maximum atomic E-state index is 12.8. The van der Waals surface area contributed by atoms with Crippen molar-refractivity contribution in [3.63, 3.8) is 0 Å². The van der Waals surface area contributed by atoms with E-state index in [-0.39, 0.29) is 11.7 Å². The zero-order chi connectivity index (χ0) is 17.2. The van der Waals surface area contributed by atoms with Gasteiger partial charge < -0.3 is 14.3 Å². The van der Waals surface area contributed by atoms with Crippen LogP contribution in [-0.4, -0.2) is 38.8 Å². The second-order valence-corrected chi connectivity index (χ2v) is 6.23. The van der Waals surface area contributed by atoms with Gasteiger partial charge in [-0.2, -0.15) is 5.26 Å². The Morgan fingerprint density at radius 1 is 1.36 bits per heavy atom. The molecule has 4 rings (SSSR count). The molecular weight excluding hydrogens is 318 g/mol. The number of nitriles is 1. The predicted molar refractivity (Wildman–Crippen MR) is 90.4 cm³/mol. The lowest BCUT2D eigenvalue weighted by Gasteiger charge is -2.20. The summed E-state index contributed by atoms with van der Waals surface area (Å²) in [4.78, 5) is 25.9. The van der Waals surface area contributed by atoms with E-state index in [2.05, 4.69) is 21.0 Å². The largest absolute Gasteiger partial charge is 0.449 e. The van der Waals surface area contributed by atoms with Crippen molar-refractivity contribution in [1.29, 1.82) is 5.26 Å². The van der Waals surface area contributed by atoms with Gasteiger partial charge in [0.15, 0.2) is 11.5 Å². The molecule has 126 valence electrons. The average molecular weight is 335 g/mol. The van der Waals surface area contributed by atoms with Gasteiger partial charge in [0, 0.05) is 24.7 Å². The molecule has 0 radical (unpaired) electrons. The maximum Gasteiger partial charge on any atom is 0.289 e. The Bertz CT molecular complexity index is 948. The van der Waals surface area contributed by atoms with Crippen LogP contribution in [0.15, 0.2) is 35.1 Å². The standard InChI is InChI=1S/C18H17N5O2/c19-7-1-9-23(10-12-2-3-12)18(24)15-5-4-14(25-15)16-13-6-8-20-17(13)22-11-21-16/h4-6,8,11-12H,1-3,9-10H2,(H,20,21,22). The SMILES string of the molecule is N#CCCN(CC1CC1)C(=O)c1ccc(-c2ncnc3[nH]ccc23)o1. The number of H-pyrrole nitrogens is 1. The highest BCUT2D eigenvalue weighted by Crippen LogP contribution is 2.31. The van der Waals surface area contributed by atoms with Crippen molar-refractivity contribution in [3.8, 4) is 17.5 Å². The topological polar surface area (TPSA) is 98.8 Å². The van der Waals surface area contributed by atoms with Crippen LogP contribution in [0.4, 0.5) is 0 Å². The fourth-order valence-electron chi connectivity index (χ4n) is 2.88. The van der Waals surface area contributed by atoms with Crippen LogP contribution in [0.5, 0.6) is 0 Å². The summed E-state index contributed by atoms with van der Waals surface area (Å²) >= 11 is 0. The van der Waals surface area contributed by atoms with Crippen molar-refractivity contribution in [2.45, 2.75) is 19.3 Å². The van der Waals surface area contributed by atoms with Crippen molar-refractivity contribution in [1.82, 2.24) is 19.9 Å². The minimum absolute atomic E-state index is 0.173. The molecule has 1 fully saturated rings. The lowest BCUT2D eigenvalue weighted by Crippen LogP contribution is -2.33. The molecule has 3 heterocycles. The second-order valence-electron chi connectivity index (χ2n) is 6.23. The number of fused-ring (bicyclic) bond motifs is 1. The monoisotopic (exact) mass is 335 g/mol. The van der Waals surface area contributed by atoms with E-state index in [4.69, 9.17) is 9.68 Å². The zero-order valence-corrected chi connectivity index (χ0v) is 13.6. The van der Waals surface area contributed by atoms with E-state index in [0.717, 1.165) is 23.9 Å². The Balaban J connectivity index is 1.60. The number of nitrogens with one attached hydrogen (secondary N) is 1. The van der Waals surface area contributed by atoms with Crippen LogP contribution in [0.3, 0.4) is 0 Å². The minimum atomic E-state index is -0.173. The predicted octanol–water partition coefficient (Wildman–Crippen LogP) is 2.98. The van der Waals surface area contributed by atoms with Gasteiger partial charge in [-0.1, -0.05) is 0 Å². The minimum Gasteiger partial charge on any atom is -0.449 e. The number of aromatic amines is 1. The number of hydrogen-bond acceptors (Lipinski definition) is 5. The van der Waals surface area contributed by atoms with Gasteiger partial charge in [-0.25, -0.2) is 9.97 Å². The van der Waals surface area contributed by atoms with E-state index in [1.165, 1.54) is 6.33 Å². The van der Waals surface area contributed by atoms with Gasteiger partial charge in [-0.3, -0.25) is 4.79 Å². The van der Waals surface area contributed by atoms with Crippen LogP contribution in [0.2, 0.25) is 0 Å². The lowest BCUT2D eigenvalue weighted by atomic mass is 10.2. The molecule has 0 aliphatic heterocycles. The number of hydrogen-bond donors (Lipinski definition) is 1. The normalized spacial score (nSPS) is 13.7. The molecule has 0 unspecified atom stereocenters. The van der Waals surface area contributed by atoms with Gasteiger partial charge in [0.2, 0.25) is 0 Å². The molecule has 1 aliphatic carbocycles. The quantitative estimate of drug-likeness (QED) is 0.746. The summed E-state index contributed by atoms with van der Waals surface area (Å²) in [6.07, 6.45) is 5.86. The number of furan rings is 1. The van der Waals surface area contributed by atoms with Gasteiger partial charge in [0.1, 0.15) is 17.7 Å². The number of rotatable bonds is 6. The van der Waals surface area contributed by atoms with Crippen LogP contribution in [0.1, 0.15) is 29.8 Å². The van der Waals surface area contributed by atoms with Crippen molar-refractivity contribution in [3.05, 3.63) is 36.5 Å². The molecule has 0 bridgehead atoms. The fourth-order valence-corrected chi connectivity index (χ4v) is 2.88. The Hall–Kier alpha value is -3.14. The van der Waals surface area contributed by atoms with E-state index < -0.39 is 0 Å². The molecule has 7 nitrogen and oxygen atoms in total. The highest BCUT2D eigenvalue weighted by molar-refractivity contribution is 5.93. The summed E-state index contributed by atoms with van der Waals surface area (Å²) in [6, 6.07) is 7.40. The molecule has 0 spiro atoms. The summed E-state index contributed by atoms with van der Waals surface area (Å²) < 4.78 is 5.79. The molecule has 25 heavy (non-hydrogen) atoms. The molecule has 0 saturated heterocycles. The second kappa shape index (κ2) is 6.40. The molecule has 3 aromatic rings. The molecule has 1 N–H and O–H groups in total. The van der Waals surface area contributed by atoms with E-state index in [1.807, 2.05) is 6.07 Å². The van der Waals surface area contributed by atoms with Gasteiger partial charge >= 0.3 is 0 Å². The first kappa shape index (κ1) is 15.4. The van der Waals surface area contributed by atoms with Gasteiger partial charge in [-0.05, 0) is 37.0 Å². The lowest BCUT2D eigenvalue weighted by molar-refractivity contribution is 0.0720. The summed E-state index contributed by atoms with van der Waals surface area (Å²) in [7, 11) is 0. The van der Waals surface area contributed by atoms with Crippen molar-refractivity contribution >= 4 is 16.9 Å². The Morgan fingerprint density at radius 3 is 3.04 bits per heavy atom. The van der Waals surface area contributed by atoms with Crippen LogP contribution in [0.25, 0.3) is 22.5 Å². The number of aromatic nitrogens is 3. The number of amides is 1. The van der Waals surface area contributed by atoms with Gasteiger partial charge in [0.05, 0.1) is 12.5 Å². The number of carbonyl (C=O) groups excluding carboxylic acids is 1. The summed E-state index contributed by atoms with van der Waals surface area (Å²) in [5.74, 6) is 1.18. The molecule has 1 saturated carbocycles. The smallest absolute Gasteiger partial charge is 0.289 e. The van der Waals surface area contributed by atoms with E-state index >= 15 is 0 Å². The highest BCUT2D eigenvalue weighted by Gasteiger charge is 2.28. The van der Waals surface area contributed by atoms with Crippen molar-refractivity contribution in [2.75, 3.05) is 13.1 Å². The third-order valence-electron chi connectivity index (χ3n) is 4.36. The average Bonchev–Trinajstić information content (AvgIpc) is 3.12. The summed E-state index contributed by atoms with van der Waals surface area (Å²) in [5, 5.41) is 9.66. The van der Waals surface area contributed by atoms with E-state index in [1.54, 1.807) is 23.2 Å². The number of nitrogens with zero attached hydrogens (tertiary/aromatic N) is 4. The maximum absolute atomic E-state index is 12.8. The molecule has 3 aromatic heterocycles. The third kappa shape index (κ3) is 3.11. The molecule has 7 heteroatoms. The van der Waals surface area contributed by atoms with Gasteiger partial charge in [0.25, 0.3) is 5.91 Å². The van der Waals surface area contributed by atoms with Crippen molar-refractivity contribution in [2.24, 2.45) is 5.92 Å².